The number of rotatable bonds is 4. The fourth-order valence-electron chi connectivity index (χ4n) is 2.02. The highest BCUT2D eigenvalue weighted by atomic mass is 32.2. The standard InChI is InChI=1S/C12H22N2S/c1-10-4-3-5-11(8-10)15-7-6-12(2,14)9-13/h10-11H,3-8,14H2,1-2H3. The number of hydrogen-bond donors (Lipinski definition) is 1. The summed E-state index contributed by atoms with van der Waals surface area (Å²) in [5.41, 5.74) is 5.15. The molecule has 0 amide bonds. The Morgan fingerprint density at radius 3 is 2.87 bits per heavy atom. The van der Waals surface area contributed by atoms with Crippen molar-refractivity contribution in [2.45, 2.75) is 56.7 Å². The molecule has 2 nitrogen and oxygen atoms in total. The van der Waals surface area contributed by atoms with Gasteiger partial charge in [-0.3, -0.25) is 0 Å². The second-order valence-corrected chi connectivity index (χ2v) is 6.45. The van der Waals surface area contributed by atoms with Gasteiger partial charge < -0.3 is 5.73 Å². The van der Waals surface area contributed by atoms with Crippen molar-refractivity contribution in [3.8, 4) is 6.07 Å². The molecule has 0 aromatic carbocycles. The van der Waals surface area contributed by atoms with Crippen molar-refractivity contribution in [1.29, 1.82) is 5.26 Å². The van der Waals surface area contributed by atoms with E-state index in [4.69, 9.17) is 11.0 Å². The molecule has 86 valence electrons. The first kappa shape index (κ1) is 12.9. The number of hydrogen-bond acceptors (Lipinski definition) is 3. The maximum atomic E-state index is 8.79. The van der Waals surface area contributed by atoms with Crippen LogP contribution in [0.1, 0.15) is 46.0 Å². The molecule has 0 aromatic rings. The molecule has 0 saturated heterocycles. The maximum Gasteiger partial charge on any atom is 0.102 e. The molecule has 1 rings (SSSR count). The van der Waals surface area contributed by atoms with Gasteiger partial charge in [-0.25, -0.2) is 0 Å². The van der Waals surface area contributed by atoms with Crippen molar-refractivity contribution in [3.63, 3.8) is 0 Å². The molecule has 0 heterocycles. The SMILES string of the molecule is CC1CCCC(SCCC(C)(N)C#N)C1. The van der Waals surface area contributed by atoms with Crippen LogP contribution >= 0.6 is 11.8 Å². The third-order valence-electron chi connectivity index (χ3n) is 3.12. The monoisotopic (exact) mass is 226 g/mol. The predicted molar refractivity (Wildman–Crippen MR) is 66.7 cm³/mol. The van der Waals surface area contributed by atoms with Gasteiger partial charge in [-0.15, -0.1) is 0 Å². The fraction of sp³-hybridized carbons (Fsp3) is 0.917. The lowest BCUT2D eigenvalue weighted by molar-refractivity contribution is 0.394. The van der Waals surface area contributed by atoms with E-state index in [0.717, 1.165) is 23.3 Å². The Kier molecular flexibility index (Phi) is 4.95. The van der Waals surface area contributed by atoms with Crippen LogP contribution in [0.4, 0.5) is 0 Å². The van der Waals surface area contributed by atoms with Crippen LogP contribution in [0.15, 0.2) is 0 Å². The minimum absolute atomic E-state index is 0.632. The first-order chi connectivity index (χ1) is 7.03. The van der Waals surface area contributed by atoms with Crippen LogP contribution in [0.5, 0.6) is 0 Å². The first-order valence-corrected chi connectivity index (χ1v) is 6.90. The Labute approximate surface area is 97.6 Å². The lowest BCUT2D eigenvalue weighted by Gasteiger charge is -2.27. The summed E-state index contributed by atoms with van der Waals surface area (Å²) in [4.78, 5) is 0. The molecule has 0 aromatic heterocycles. The molecule has 1 aliphatic carbocycles. The fourth-order valence-corrected chi connectivity index (χ4v) is 3.70. The van der Waals surface area contributed by atoms with Gasteiger partial charge in [0.25, 0.3) is 0 Å². The van der Waals surface area contributed by atoms with E-state index in [1.165, 1.54) is 25.7 Å². The Morgan fingerprint density at radius 2 is 2.27 bits per heavy atom. The van der Waals surface area contributed by atoms with Crippen LogP contribution in [0, 0.1) is 17.2 Å². The molecule has 1 fully saturated rings. The Morgan fingerprint density at radius 1 is 1.53 bits per heavy atom. The highest BCUT2D eigenvalue weighted by molar-refractivity contribution is 7.99. The van der Waals surface area contributed by atoms with Gasteiger partial charge in [-0.05, 0) is 37.9 Å². The summed E-state index contributed by atoms with van der Waals surface area (Å²) >= 11 is 2.01. The number of nitriles is 1. The molecule has 0 spiro atoms. The highest BCUT2D eigenvalue weighted by Crippen LogP contribution is 2.32. The third-order valence-corrected chi connectivity index (χ3v) is 4.46. The van der Waals surface area contributed by atoms with Gasteiger partial charge in [0.05, 0.1) is 6.07 Å². The summed E-state index contributed by atoms with van der Waals surface area (Å²) in [6.07, 6.45) is 6.27. The van der Waals surface area contributed by atoms with E-state index in [1.807, 2.05) is 18.7 Å². The second-order valence-electron chi connectivity index (χ2n) is 5.04. The van der Waals surface area contributed by atoms with Crippen LogP contribution in [0.3, 0.4) is 0 Å². The van der Waals surface area contributed by atoms with E-state index < -0.39 is 5.54 Å². The summed E-state index contributed by atoms with van der Waals surface area (Å²) in [6, 6.07) is 2.15. The quantitative estimate of drug-likeness (QED) is 0.802. The van der Waals surface area contributed by atoms with Crippen molar-refractivity contribution in [3.05, 3.63) is 0 Å². The van der Waals surface area contributed by atoms with Gasteiger partial charge in [-0.1, -0.05) is 19.8 Å². The van der Waals surface area contributed by atoms with Crippen LogP contribution in [0.25, 0.3) is 0 Å². The summed E-state index contributed by atoms with van der Waals surface area (Å²) in [6.45, 7) is 4.16. The van der Waals surface area contributed by atoms with Gasteiger partial charge in [0, 0.05) is 5.25 Å². The van der Waals surface area contributed by atoms with Gasteiger partial charge in [0.15, 0.2) is 0 Å². The van der Waals surface area contributed by atoms with E-state index in [0.29, 0.717) is 0 Å². The molecule has 0 radical (unpaired) electrons. The van der Waals surface area contributed by atoms with Gasteiger partial charge in [-0.2, -0.15) is 17.0 Å². The third kappa shape index (κ3) is 4.90. The Hall–Kier alpha value is -0.200. The highest BCUT2D eigenvalue weighted by Gasteiger charge is 2.21. The minimum Gasteiger partial charge on any atom is -0.314 e. The minimum atomic E-state index is -0.632. The van der Waals surface area contributed by atoms with Crippen LogP contribution < -0.4 is 5.73 Å². The smallest absolute Gasteiger partial charge is 0.102 e. The van der Waals surface area contributed by atoms with E-state index in [9.17, 15) is 0 Å². The zero-order valence-corrected chi connectivity index (χ0v) is 10.6. The summed E-state index contributed by atoms with van der Waals surface area (Å²) < 4.78 is 0. The maximum absolute atomic E-state index is 8.79. The van der Waals surface area contributed by atoms with E-state index in [2.05, 4.69) is 13.0 Å². The molecular formula is C12H22N2S. The average Bonchev–Trinajstić information content (AvgIpc) is 2.18. The van der Waals surface area contributed by atoms with Crippen molar-refractivity contribution in [1.82, 2.24) is 0 Å². The van der Waals surface area contributed by atoms with Gasteiger partial charge >= 0.3 is 0 Å². The molecule has 1 aliphatic rings. The molecule has 0 bridgehead atoms. The lowest BCUT2D eigenvalue weighted by Crippen LogP contribution is -2.34. The lowest BCUT2D eigenvalue weighted by atomic mass is 9.91. The van der Waals surface area contributed by atoms with Crippen LogP contribution in [0.2, 0.25) is 0 Å². The molecule has 3 atom stereocenters. The van der Waals surface area contributed by atoms with Crippen LogP contribution in [-0.4, -0.2) is 16.5 Å². The molecule has 1 saturated carbocycles. The van der Waals surface area contributed by atoms with Gasteiger partial charge in [0.2, 0.25) is 0 Å². The first-order valence-electron chi connectivity index (χ1n) is 5.85. The normalized spacial score (nSPS) is 30.5. The zero-order chi connectivity index (χ0) is 11.3. The average molecular weight is 226 g/mol. The Bertz CT molecular complexity index is 232. The molecule has 2 N–H and O–H groups in total. The van der Waals surface area contributed by atoms with E-state index in [1.54, 1.807) is 0 Å². The summed E-state index contributed by atoms with van der Waals surface area (Å²) in [5.74, 6) is 1.91. The Balaban J connectivity index is 2.18. The van der Waals surface area contributed by atoms with Crippen molar-refractivity contribution in [2.24, 2.45) is 11.7 Å². The van der Waals surface area contributed by atoms with Crippen molar-refractivity contribution in [2.75, 3.05) is 5.75 Å². The molecule has 3 heteroatoms. The zero-order valence-electron chi connectivity index (χ0n) is 9.83. The predicted octanol–water partition coefficient (Wildman–Crippen LogP) is 2.93. The van der Waals surface area contributed by atoms with Crippen molar-refractivity contribution < 1.29 is 0 Å². The number of thioether (sulfide) groups is 1. The number of nitrogens with zero attached hydrogens (tertiary/aromatic N) is 1. The van der Waals surface area contributed by atoms with Gasteiger partial charge in [0.1, 0.15) is 5.54 Å². The molecule has 15 heavy (non-hydrogen) atoms. The number of nitrogens with two attached hydrogens (primary N) is 1. The summed E-state index contributed by atoms with van der Waals surface area (Å²) in [5, 5.41) is 9.60. The van der Waals surface area contributed by atoms with Crippen molar-refractivity contribution >= 4 is 11.8 Å². The molecule has 3 unspecified atom stereocenters. The topological polar surface area (TPSA) is 49.8 Å². The van der Waals surface area contributed by atoms with Crippen LogP contribution in [-0.2, 0) is 0 Å². The molecular weight excluding hydrogens is 204 g/mol. The second kappa shape index (κ2) is 5.77. The van der Waals surface area contributed by atoms with E-state index >= 15 is 0 Å². The summed E-state index contributed by atoms with van der Waals surface area (Å²) in [7, 11) is 0. The largest absolute Gasteiger partial charge is 0.314 e. The van der Waals surface area contributed by atoms with E-state index in [-0.39, 0.29) is 0 Å². The molecule has 0 aliphatic heterocycles.